The molecule has 1 fully saturated rings. The first-order chi connectivity index (χ1) is 9.06. The first-order valence-electron chi connectivity index (χ1n) is 6.15. The Morgan fingerprint density at radius 1 is 1.37 bits per heavy atom. The fraction of sp³-hybridized carbons (Fsp3) is 0.385. The molecule has 1 aliphatic heterocycles. The predicted molar refractivity (Wildman–Crippen MR) is 73.9 cm³/mol. The van der Waals surface area contributed by atoms with Gasteiger partial charge in [-0.05, 0) is 43.7 Å². The van der Waals surface area contributed by atoms with Crippen LogP contribution in [-0.2, 0) is 9.59 Å². The zero-order chi connectivity index (χ0) is 13.8. The number of carbonyl (C=O) groups excluding carboxylic acids is 2. The fourth-order valence-electron chi connectivity index (χ4n) is 2.26. The molecule has 0 spiro atoms. The molecule has 5 nitrogen and oxygen atoms in total. The molecule has 1 atom stereocenters. The van der Waals surface area contributed by atoms with Gasteiger partial charge in [-0.2, -0.15) is 0 Å². The zero-order valence-corrected chi connectivity index (χ0v) is 11.2. The summed E-state index contributed by atoms with van der Waals surface area (Å²) in [6.45, 7) is 0.901. The first-order valence-corrected chi connectivity index (χ1v) is 6.53. The summed E-state index contributed by atoms with van der Waals surface area (Å²) in [7, 11) is 0. The van der Waals surface area contributed by atoms with Crippen molar-refractivity contribution in [2.75, 3.05) is 18.4 Å². The second kappa shape index (κ2) is 6.04. The van der Waals surface area contributed by atoms with Crippen LogP contribution in [-0.4, -0.2) is 35.8 Å². The second-order valence-electron chi connectivity index (χ2n) is 4.59. The average molecular weight is 282 g/mol. The van der Waals surface area contributed by atoms with Crippen LogP contribution in [0.3, 0.4) is 0 Å². The summed E-state index contributed by atoms with van der Waals surface area (Å²) in [5.74, 6) is -0.521. The lowest BCUT2D eigenvalue weighted by molar-refractivity contribution is -0.123. The molecule has 102 valence electrons. The van der Waals surface area contributed by atoms with Crippen molar-refractivity contribution >= 4 is 29.1 Å². The molecule has 1 saturated heterocycles. The molecule has 6 heteroatoms. The highest BCUT2D eigenvalue weighted by molar-refractivity contribution is 6.30. The van der Waals surface area contributed by atoms with Gasteiger partial charge in [-0.1, -0.05) is 11.6 Å². The van der Waals surface area contributed by atoms with E-state index in [-0.39, 0.29) is 24.4 Å². The van der Waals surface area contributed by atoms with Gasteiger partial charge >= 0.3 is 0 Å². The molecule has 2 amide bonds. The van der Waals surface area contributed by atoms with Crippen molar-refractivity contribution < 1.29 is 9.59 Å². The normalized spacial score (nSPS) is 19.3. The number of nitrogens with one attached hydrogen (secondary N) is 1. The molecule has 1 aromatic carbocycles. The van der Waals surface area contributed by atoms with Crippen LogP contribution in [0.4, 0.5) is 5.69 Å². The molecule has 1 aromatic rings. The molecular weight excluding hydrogens is 266 g/mol. The van der Waals surface area contributed by atoms with Gasteiger partial charge in [0, 0.05) is 10.7 Å². The van der Waals surface area contributed by atoms with Crippen molar-refractivity contribution in [3.8, 4) is 0 Å². The van der Waals surface area contributed by atoms with Gasteiger partial charge in [-0.3, -0.25) is 14.5 Å². The molecule has 1 heterocycles. The van der Waals surface area contributed by atoms with Crippen LogP contribution in [0.25, 0.3) is 0 Å². The quantitative estimate of drug-likeness (QED) is 0.871. The Labute approximate surface area is 116 Å². The SMILES string of the molecule is NC(=O)[C@@H]1CCCN1CC(=O)Nc1ccc(Cl)cc1. The van der Waals surface area contributed by atoms with Crippen molar-refractivity contribution in [1.82, 2.24) is 4.90 Å². The van der Waals surface area contributed by atoms with Gasteiger partial charge in [-0.25, -0.2) is 0 Å². The van der Waals surface area contributed by atoms with E-state index in [4.69, 9.17) is 17.3 Å². The van der Waals surface area contributed by atoms with Gasteiger partial charge in [0.15, 0.2) is 0 Å². The number of anilines is 1. The molecular formula is C13H16ClN3O2. The number of benzene rings is 1. The van der Waals surface area contributed by atoms with Gasteiger partial charge in [0.1, 0.15) is 0 Å². The van der Waals surface area contributed by atoms with E-state index in [0.717, 1.165) is 19.4 Å². The molecule has 0 aliphatic carbocycles. The number of amides is 2. The van der Waals surface area contributed by atoms with Gasteiger partial charge in [0.2, 0.25) is 11.8 Å². The molecule has 2 rings (SSSR count). The molecule has 0 saturated carbocycles. The number of hydrogen-bond donors (Lipinski definition) is 2. The average Bonchev–Trinajstić information content (AvgIpc) is 2.80. The van der Waals surface area contributed by atoms with Gasteiger partial charge in [-0.15, -0.1) is 0 Å². The highest BCUT2D eigenvalue weighted by Crippen LogP contribution is 2.17. The molecule has 19 heavy (non-hydrogen) atoms. The van der Waals surface area contributed by atoms with E-state index in [9.17, 15) is 9.59 Å². The minimum atomic E-state index is -0.364. The van der Waals surface area contributed by atoms with Crippen LogP contribution in [0.1, 0.15) is 12.8 Å². The second-order valence-corrected chi connectivity index (χ2v) is 5.02. The van der Waals surface area contributed by atoms with Gasteiger partial charge in [0.25, 0.3) is 0 Å². The number of carbonyl (C=O) groups is 2. The van der Waals surface area contributed by atoms with Crippen molar-refractivity contribution in [2.24, 2.45) is 5.73 Å². The third kappa shape index (κ3) is 3.68. The Balaban J connectivity index is 1.90. The van der Waals surface area contributed by atoms with E-state index < -0.39 is 0 Å². The summed E-state index contributed by atoms with van der Waals surface area (Å²) in [5, 5.41) is 3.38. The number of halogens is 1. The molecule has 0 unspecified atom stereocenters. The first kappa shape index (κ1) is 13.8. The summed E-state index contributed by atoms with van der Waals surface area (Å²) in [6.07, 6.45) is 1.62. The highest BCUT2D eigenvalue weighted by atomic mass is 35.5. The number of hydrogen-bond acceptors (Lipinski definition) is 3. The monoisotopic (exact) mass is 281 g/mol. The van der Waals surface area contributed by atoms with E-state index >= 15 is 0 Å². The standard InChI is InChI=1S/C13H16ClN3O2/c14-9-3-5-10(6-4-9)16-12(18)8-17-7-1-2-11(17)13(15)19/h3-6,11H,1-2,7-8H2,(H2,15,19)(H,16,18)/t11-/m0/s1. The van der Waals surface area contributed by atoms with Crippen LogP contribution < -0.4 is 11.1 Å². The van der Waals surface area contributed by atoms with E-state index in [1.54, 1.807) is 24.3 Å². The highest BCUT2D eigenvalue weighted by Gasteiger charge is 2.30. The van der Waals surface area contributed by atoms with Crippen molar-refractivity contribution in [3.63, 3.8) is 0 Å². The summed E-state index contributed by atoms with van der Waals surface area (Å²) < 4.78 is 0. The number of nitrogens with zero attached hydrogens (tertiary/aromatic N) is 1. The smallest absolute Gasteiger partial charge is 0.238 e. The van der Waals surface area contributed by atoms with Crippen LogP contribution in [0.2, 0.25) is 5.02 Å². The topological polar surface area (TPSA) is 75.4 Å². The summed E-state index contributed by atoms with van der Waals surface area (Å²) >= 11 is 5.77. The lowest BCUT2D eigenvalue weighted by Crippen LogP contribution is -2.43. The third-order valence-electron chi connectivity index (χ3n) is 3.17. The Hall–Kier alpha value is -1.59. The minimum Gasteiger partial charge on any atom is -0.368 e. The number of primary amides is 1. The summed E-state index contributed by atoms with van der Waals surface area (Å²) in [4.78, 5) is 24.9. The largest absolute Gasteiger partial charge is 0.368 e. The molecule has 0 bridgehead atoms. The molecule has 0 aromatic heterocycles. The number of nitrogens with two attached hydrogens (primary N) is 1. The molecule has 3 N–H and O–H groups in total. The van der Waals surface area contributed by atoms with Crippen molar-refractivity contribution in [1.29, 1.82) is 0 Å². The lowest BCUT2D eigenvalue weighted by atomic mass is 10.2. The lowest BCUT2D eigenvalue weighted by Gasteiger charge is -2.20. The van der Waals surface area contributed by atoms with Crippen LogP contribution >= 0.6 is 11.6 Å². The van der Waals surface area contributed by atoms with Crippen LogP contribution in [0.5, 0.6) is 0 Å². The summed E-state index contributed by atoms with van der Waals surface area (Å²) in [5.41, 5.74) is 5.99. The van der Waals surface area contributed by atoms with Gasteiger partial charge < -0.3 is 11.1 Å². The van der Waals surface area contributed by atoms with E-state index in [1.165, 1.54) is 0 Å². The fourth-order valence-corrected chi connectivity index (χ4v) is 2.38. The predicted octanol–water partition coefficient (Wildman–Crippen LogP) is 1.23. The Morgan fingerprint density at radius 3 is 2.68 bits per heavy atom. The van der Waals surface area contributed by atoms with Gasteiger partial charge in [0.05, 0.1) is 12.6 Å². The van der Waals surface area contributed by atoms with Crippen molar-refractivity contribution in [3.05, 3.63) is 29.3 Å². The minimum absolute atomic E-state index is 0.157. The van der Waals surface area contributed by atoms with Crippen LogP contribution in [0, 0.1) is 0 Å². The van der Waals surface area contributed by atoms with E-state index in [0.29, 0.717) is 10.7 Å². The maximum absolute atomic E-state index is 11.9. The Morgan fingerprint density at radius 2 is 2.05 bits per heavy atom. The van der Waals surface area contributed by atoms with E-state index in [2.05, 4.69) is 5.32 Å². The maximum atomic E-state index is 11.9. The number of likely N-dealkylation sites (tertiary alicyclic amines) is 1. The number of rotatable bonds is 4. The Bertz CT molecular complexity index is 475. The molecule has 0 radical (unpaired) electrons. The Kier molecular flexibility index (Phi) is 4.39. The molecule has 1 aliphatic rings. The maximum Gasteiger partial charge on any atom is 0.238 e. The third-order valence-corrected chi connectivity index (χ3v) is 3.42. The van der Waals surface area contributed by atoms with E-state index in [1.807, 2.05) is 4.90 Å². The van der Waals surface area contributed by atoms with Crippen molar-refractivity contribution in [2.45, 2.75) is 18.9 Å². The van der Waals surface area contributed by atoms with Crippen LogP contribution in [0.15, 0.2) is 24.3 Å². The summed E-state index contributed by atoms with van der Waals surface area (Å²) in [6, 6.07) is 6.56. The zero-order valence-electron chi connectivity index (χ0n) is 10.4.